The van der Waals surface area contributed by atoms with Crippen molar-refractivity contribution in [2.45, 2.75) is 52.0 Å². The maximum absolute atomic E-state index is 13.8. The van der Waals surface area contributed by atoms with Crippen LogP contribution in [0.25, 0.3) is 0 Å². The summed E-state index contributed by atoms with van der Waals surface area (Å²) in [5.74, 6) is -1.11. The van der Waals surface area contributed by atoms with E-state index in [2.05, 4.69) is 5.32 Å². The highest BCUT2D eigenvalue weighted by molar-refractivity contribution is 5.91. The third kappa shape index (κ3) is 6.59. The fraction of sp³-hybridized carbons (Fsp3) is 0.483. The third-order valence-electron chi connectivity index (χ3n) is 7.62. The van der Waals surface area contributed by atoms with Gasteiger partial charge < -0.3 is 19.9 Å². The topological polar surface area (TPSA) is 85.4 Å². The lowest BCUT2D eigenvalue weighted by Crippen LogP contribution is -2.77. The van der Waals surface area contributed by atoms with E-state index in [4.69, 9.17) is 4.74 Å². The summed E-state index contributed by atoms with van der Waals surface area (Å²) in [7, 11) is 1.67. The molecule has 216 valence electrons. The van der Waals surface area contributed by atoms with Gasteiger partial charge in [0.2, 0.25) is 11.8 Å². The molecule has 0 spiro atoms. The number of fused-ring (bicyclic) bond motifs is 1. The predicted molar refractivity (Wildman–Crippen MR) is 144 cm³/mol. The fourth-order valence-electron chi connectivity index (χ4n) is 5.43. The van der Waals surface area contributed by atoms with E-state index in [0.717, 1.165) is 11.1 Å². The molecule has 0 radical (unpaired) electrons. The van der Waals surface area contributed by atoms with E-state index in [1.807, 2.05) is 13.8 Å². The van der Waals surface area contributed by atoms with E-state index < -0.39 is 18.2 Å². The minimum absolute atomic E-state index is 0.0365. The molecular formula is C29H37F2N5O4. The summed E-state index contributed by atoms with van der Waals surface area (Å²) in [4.78, 5) is 43.8. The molecule has 2 aliphatic rings. The van der Waals surface area contributed by atoms with Crippen molar-refractivity contribution < 1.29 is 27.9 Å². The Morgan fingerprint density at radius 3 is 2.20 bits per heavy atom. The zero-order valence-corrected chi connectivity index (χ0v) is 23.2. The van der Waals surface area contributed by atoms with E-state index in [9.17, 15) is 23.2 Å². The average Bonchev–Trinajstić information content (AvgIpc) is 2.93. The number of rotatable bonds is 10. The van der Waals surface area contributed by atoms with Crippen molar-refractivity contribution in [3.63, 3.8) is 0 Å². The smallest absolute Gasteiger partial charge is 0.334 e. The van der Waals surface area contributed by atoms with E-state index in [1.54, 1.807) is 46.1 Å². The first-order valence-corrected chi connectivity index (χ1v) is 13.7. The van der Waals surface area contributed by atoms with Gasteiger partial charge in [0, 0.05) is 20.1 Å². The Labute approximate surface area is 233 Å². The standard InChI is InChI=1S/C29H37F2N5O4/c1-4-22(5-2)27-28(38)34(14-15-40-19-21-8-12-24(31)13-9-21)17-25-35(27)26(37)18-33(3)36(25)29(39)32-16-20-6-10-23(30)11-7-20/h6-13,22,25,27H,4-5,14-19H2,1-3H3,(H,32,39)/t25-,27-/m0/s1. The monoisotopic (exact) mass is 557 g/mol. The van der Waals surface area contributed by atoms with Gasteiger partial charge in [0.05, 0.1) is 26.3 Å². The number of halogens is 2. The number of carbonyl (C=O) groups is 3. The molecule has 0 saturated carbocycles. The summed E-state index contributed by atoms with van der Waals surface area (Å²) in [6.07, 6.45) is 0.704. The van der Waals surface area contributed by atoms with Crippen molar-refractivity contribution in [3.8, 4) is 0 Å². The molecule has 2 aromatic rings. The second kappa shape index (κ2) is 13.2. The molecule has 40 heavy (non-hydrogen) atoms. The number of hydrogen-bond donors (Lipinski definition) is 1. The first kappa shape index (κ1) is 29.4. The molecule has 2 aromatic carbocycles. The molecular weight excluding hydrogens is 520 g/mol. The predicted octanol–water partition coefficient (Wildman–Crippen LogP) is 3.36. The molecule has 0 aliphatic carbocycles. The molecule has 0 aromatic heterocycles. The minimum atomic E-state index is -0.695. The number of ether oxygens (including phenoxy) is 1. The van der Waals surface area contributed by atoms with Gasteiger partial charge in [-0.2, -0.15) is 0 Å². The molecule has 2 heterocycles. The average molecular weight is 558 g/mol. The number of likely N-dealkylation sites (N-methyl/N-ethyl adjacent to an activating group) is 1. The van der Waals surface area contributed by atoms with E-state index in [0.29, 0.717) is 12.8 Å². The second-order valence-electron chi connectivity index (χ2n) is 10.2. The Morgan fingerprint density at radius 1 is 1.00 bits per heavy atom. The molecule has 2 atom stereocenters. The van der Waals surface area contributed by atoms with Gasteiger partial charge in [0.15, 0.2) is 0 Å². The third-order valence-corrected chi connectivity index (χ3v) is 7.62. The number of piperazine rings is 1. The number of urea groups is 1. The van der Waals surface area contributed by atoms with Crippen LogP contribution in [0.3, 0.4) is 0 Å². The van der Waals surface area contributed by atoms with E-state index >= 15 is 0 Å². The van der Waals surface area contributed by atoms with Crippen LogP contribution in [0.5, 0.6) is 0 Å². The summed E-state index contributed by atoms with van der Waals surface area (Å²) < 4.78 is 32.3. The van der Waals surface area contributed by atoms with Crippen LogP contribution >= 0.6 is 0 Å². The maximum atomic E-state index is 13.8. The SMILES string of the molecule is CCC(CC)[C@H]1C(=O)N(CCOCc2ccc(F)cc2)C[C@H]2N1C(=O)CN(C)N2C(=O)NCc1ccc(F)cc1. The Bertz CT molecular complexity index is 1180. The quantitative estimate of drug-likeness (QED) is 0.453. The van der Waals surface area contributed by atoms with Gasteiger partial charge >= 0.3 is 6.03 Å². The summed E-state index contributed by atoms with van der Waals surface area (Å²) in [5.41, 5.74) is 1.55. The maximum Gasteiger partial charge on any atom is 0.334 e. The normalized spacial score (nSPS) is 19.8. The number of benzene rings is 2. The zero-order valence-electron chi connectivity index (χ0n) is 23.2. The summed E-state index contributed by atoms with van der Waals surface area (Å²) in [5, 5.41) is 5.94. The van der Waals surface area contributed by atoms with Gasteiger partial charge in [0.25, 0.3) is 0 Å². The lowest BCUT2D eigenvalue weighted by molar-refractivity contribution is -0.191. The van der Waals surface area contributed by atoms with Gasteiger partial charge in [-0.05, 0) is 41.3 Å². The van der Waals surface area contributed by atoms with Crippen LogP contribution in [0.1, 0.15) is 37.8 Å². The Kier molecular flexibility index (Phi) is 9.70. The van der Waals surface area contributed by atoms with Crippen LogP contribution in [0, 0.1) is 17.6 Å². The van der Waals surface area contributed by atoms with Crippen LogP contribution in [0.15, 0.2) is 48.5 Å². The van der Waals surface area contributed by atoms with Crippen molar-refractivity contribution in [1.82, 2.24) is 25.1 Å². The first-order valence-electron chi connectivity index (χ1n) is 13.7. The van der Waals surface area contributed by atoms with Crippen molar-refractivity contribution >= 4 is 17.8 Å². The fourth-order valence-corrected chi connectivity index (χ4v) is 5.43. The van der Waals surface area contributed by atoms with E-state index in [-0.39, 0.29) is 68.8 Å². The lowest BCUT2D eigenvalue weighted by Gasteiger charge is -2.55. The number of hydrazine groups is 1. The Morgan fingerprint density at radius 2 is 1.60 bits per heavy atom. The number of carbonyl (C=O) groups excluding carboxylic acids is 3. The Balaban J connectivity index is 1.51. The molecule has 4 rings (SSSR count). The summed E-state index contributed by atoms with van der Waals surface area (Å²) >= 11 is 0. The molecule has 2 aliphatic heterocycles. The summed E-state index contributed by atoms with van der Waals surface area (Å²) in [6, 6.07) is 10.8. The van der Waals surface area contributed by atoms with E-state index in [1.165, 1.54) is 29.3 Å². The van der Waals surface area contributed by atoms with Gasteiger partial charge in [-0.3, -0.25) is 9.59 Å². The number of amides is 4. The minimum Gasteiger partial charge on any atom is -0.375 e. The molecule has 9 nitrogen and oxygen atoms in total. The highest BCUT2D eigenvalue weighted by Crippen LogP contribution is 2.31. The van der Waals surface area contributed by atoms with Crippen molar-refractivity contribution in [2.24, 2.45) is 5.92 Å². The molecule has 0 bridgehead atoms. The van der Waals surface area contributed by atoms with Crippen molar-refractivity contribution in [1.29, 1.82) is 0 Å². The molecule has 1 N–H and O–H groups in total. The van der Waals surface area contributed by atoms with Gasteiger partial charge in [-0.15, -0.1) is 0 Å². The highest BCUT2D eigenvalue weighted by atomic mass is 19.1. The zero-order chi connectivity index (χ0) is 28.8. The molecule has 4 amide bonds. The van der Waals surface area contributed by atoms with Gasteiger partial charge in [0.1, 0.15) is 23.8 Å². The molecule has 2 fully saturated rings. The number of nitrogens with one attached hydrogen (secondary N) is 1. The molecule has 11 heteroatoms. The number of hydrogen-bond acceptors (Lipinski definition) is 5. The van der Waals surface area contributed by atoms with Gasteiger partial charge in [-0.25, -0.2) is 23.6 Å². The van der Waals surface area contributed by atoms with Crippen LogP contribution in [-0.2, 0) is 27.5 Å². The van der Waals surface area contributed by atoms with Crippen LogP contribution < -0.4 is 5.32 Å². The van der Waals surface area contributed by atoms with Crippen LogP contribution in [-0.4, -0.2) is 83.2 Å². The van der Waals surface area contributed by atoms with Crippen molar-refractivity contribution in [3.05, 3.63) is 71.3 Å². The summed E-state index contributed by atoms with van der Waals surface area (Å²) in [6.45, 7) is 5.06. The molecule has 0 unspecified atom stereocenters. The Hall–Kier alpha value is -3.57. The molecule has 2 saturated heterocycles. The number of nitrogens with zero attached hydrogens (tertiary/aromatic N) is 4. The second-order valence-corrected chi connectivity index (χ2v) is 10.2. The first-order chi connectivity index (χ1) is 19.2. The van der Waals surface area contributed by atoms with Crippen LogP contribution in [0.4, 0.5) is 13.6 Å². The van der Waals surface area contributed by atoms with Gasteiger partial charge in [-0.1, -0.05) is 51.0 Å². The van der Waals surface area contributed by atoms with Crippen LogP contribution in [0.2, 0.25) is 0 Å². The highest BCUT2D eigenvalue weighted by Gasteiger charge is 2.52. The van der Waals surface area contributed by atoms with Crippen molar-refractivity contribution in [2.75, 3.05) is 33.3 Å². The largest absolute Gasteiger partial charge is 0.375 e. The lowest BCUT2D eigenvalue weighted by atomic mass is 9.89.